The third-order valence-electron chi connectivity index (χ3n) is 4.25. The number of carbonyl (C=O) groups excluding carboxylic acids is 3. The maximum absolute atomic E-state index is 12.7. The first-order chi connectivity index (χ1) is 14.1. The monoisotopic (exact) mass is 440 g/mol. The van der Waals surface area contributed by atoms with E-state index in [1.54, 1.807) is 30.3 Å². The van der Waals surface area contributed by atoms with Crippen LogP contribution in [-0.2, 0) is 25.6 Å². The lowest BCUT2D eigenvalue weighted by Gasteiger charge is -2.24. The molecule has 3 amide bonds. The van der Waals surface area contributed by atoms with Crippen molar-refractivity contribution < 1.29 is 29.4 Å². The first-order valence-electron chi connectivity index (χ1n) is 9.29. The molecule has 11 heteroatoms. The first kappa shape index (κ1) is 25.4. The van der Waals surface area contributed by atoms with E-state index in [1.807, 2.05) is 0 Å². The normalized spacial score (nSPS) is 15.8. The third kappa shape index (κ3) is 8.01. The molecule has 0 radical (unpaired) electrons. The predicted molar refractivity (Wildman–Crippen MR) is 113 cm³/mol. The van der Waals surface area contributed by atoms with Gasteiger partial charge in [-0.3, -0.25) is 14.4 Å². The number of benzene rings is 1. The number of nitrogens with one attached hydrogen (secondary N) is 3. The van der Waals surface area contributed by atoms with Gasteiger partial charge in [-0.1, -0.05) is 30.3 Å². The van der Waals surface area contributed by atoms with Crippen LogP contribution in [0.4, 0.5) is 0 Å². The van der Waals surface area contributed by atoms with Gasteiger partial charge in [-0.2, -0.15) is 12.6 Å². The van der Waals surface area contributed by atoms with Crippen LogP contribution in [0.3, 0.4) is 0 Å². The minimum absolute atomic E-state index is 0.0836. The Bertz CT molecular complexity index is 746. The van der Waals surface area contributed by atoms with Crippen LogP contribution in [0.25, 0.3) is 0 Å². The highest BCUT2D eigenvalue weighted by atomic mass is 32.1. The number of thiol groups is 1. The Kier molecular flexibility index (Phi) is 10.3. The Hall–Kier alpha value is -2.63. The van der Waals surface area contributed by atoms with Crippen molar-refractivity contribution in [2.24, 2.45) is 5.73 Å². The number of carbonyl (C=O) groups is 4. The predicted octanol–water partition coefficient (Wildman–Crippen LogP) is -1.57. The molecule has 10 nitrogen and oxygen atoms in total. The van der Waals surface area contributed by atoms with Gasteiger partial charge in [-0.15, -0.1) is 0 Å². The Labute approximate surface area is 180 Å². The minimum Gasteiger partial charge on any atom is -0.480 e. The van der Waals surface area contributed by atoms with E-state index in [2.05, 4.69) is 28.6 Å². The van der Waals surface area contributed by atoms with Crippen molar-refractivity contribution in [3.05, 3.63) is 35.9 Å². The molecule has 1 aromatic carbocycles. The topological polar surface area (TPSA) is 171 Å². The van der Waals surface area contributed by atoms with E-state index >= 15 is 0 Å². The van der Waals surface area contributed by atoms with E-state index in [0.717, 1.165) is 5.56 Å². The summed E-state index contributed by atoms with van der Waals surface area (Å²) in [5.74, 6) is -3.34. The van der Waals surface area contributed by atoms with Gasteiger partial charge in [0, 0.05) is 12.2 Å². The van der Waals surface area contributed by atoms with Crippen LogP contribution >= 0.6 is 12.6 Å². The molecule has 7 N–H and O–H groups in total. The highest BCUT2D eigenvalue weighted by molar-refractivity contribution is 7.80. The van der Waals surface area contributed by atoms with Gasteiger partial charge in [0.15, 0.2) is 6.04 Å². The third-order valence-corrected chi connectivity index (χ3v) is 4.64. The largest absolute Gasteiger partial charge is 0.480 e. The molecule has 30 heavy (non-hydrogen) atoms. The van der Waals surface area contributed by atoms with Gasteiger partial charge in [0.1, 0.15) is 12.1 Å². The van der Waals surface area contributed by atoms with E-state index in [0.29, 0.717) is 0 Å². The lowest BCUT2D eigenvalue weighted by atomic mass is 10.0. The van der Waals surface area contributed by atoms with Crippen molar-refractivity contribution >= 4 is 36.3 Å². The average Bonchev–Trinajstić information content (AvgIpc) is 2.70. The summed E-state index contributed by atoms with van der Waals surface area (Å²) in [4.78, 5) is 48.2. The summed E-state index contributed by atoms with van der Waals surface area (Å²) < 4.78 is 0. The second-order valence-corrected chi connectivity index (χ2v) is 7.20. The molecule has 0 heterocycles. The Balaban J connectivity index is 2.87. The summed E-state index contributed by atoms with van der Waals surface area (Å²) in [6, 6.07) is 4.35. The summed E-state index contributed by atoms with van der Waals surface area (Å²) in [5.41, 5.74) is 6.43. The second kappa shape index (κ2) is 12.2. The number of hydrogen-bond donors (Lipinski definition) is 7. The first-order valence-corrected chi connectivity index (χ1v) is 9.92. The van der Waals surface area contributed by atoms with Crippen molar-refractivity contribution in [3.63, 3.8) is 0 Å². The zero-order valence-electron chi connectivity index (χ0n) is 16.7. The summed E-state index contributed by atoms with van der Waals surface area (Å²) in [6.07, 6.45) is -1.18. The fraction of sp³-hybridized carbons (Fsp3) is 0.474. The van der Waals surface area contributed by atoms with Crippen LogP contribution in [0.5, 0.6) is 0 Å². The van der Waals surface area contributed by atoms with Crippen molar-refractivity contribution in [3.8, 4) is 0 Å². The molecule has 0 saturated heterocycles. The Morgan fingerprint density at radius 3 is 2.10 bits per heavy atom. The zero-order valence-corrected chi connectivity index (χ0v) is 17.6. The summed E-state index contributed by atoms with van der Waals surface area (Å²) in [6.45, 7) is 2.58. The van der Waals surface area contributed by atoms with Gasteiger partial charge >= 0.3 is 5.97 Å². The van der Waals surface area contributed by atoms with E-state index in [9.17, 15) is 24.3 Å². The van der Waals surface area contributed by atoms with E-state index in [1.165, 1.54) is 13.8 Å². The van der Waals surface area contributed by atoms with Crippen LogP contribution in [0, 0.1) is 0 Å². The van der Waals surface area contributed by atoms with Gasteiger partial charge in [0.05, 0.1) is 12.1 Å². The standard InChI is InChI=1S/C19H28N4O6S/c1-10(16(25)23-15(11(2)24)19(28)29)21-18(27)14(22-17(26)13(20)9-30)8-12-6-4-3-5-7-12/h3-7,10-11,13-15,24,30H,8-9,20H2,1-2H3,(H,21,27)(H,22,26)(H,23,25)(H,28,29). The maximum atomic E-state index is 12.7. The lowest BCUT2D eigenvalue weighted by Crippen LogP contribution is -2.58. The molecular weight excluding hydrogens is 412 g/mol. The van der Waals surface area contributed by atoms with Crippen LogP contribution < -0.4 is 21.7 Å². The molecule has 1 aromatic rings. The molecule has 1 rings (SSSR count). The molecule has 0 aromatic heterocycles. The number of nitrogens with two attached hydrogens (primary N) is 1. The van der Waals surface area contributed by atoms with Crippen LogP contribution in [-0.4, -0.2) is 69.9 Å². The van der Waals surface area contributed by atoms with Gasteiger partial charge in [0.25, 0.3) is 0 Å². The number of aliphatic carboxylic acids is 1. The zero-order chi connectivity index (χ0) is 22.8. The van der Waals surface area contributed by atoms with Gasteiger partial charge in [-0.25, -0.2) is 4.79 Å². The van der Waals surface area contributed by atoms with Crippen LogP contribution in [0.1, 0.15) is 19.4 Å². The fourth-order valence-electron chi connectivity index (χ4n) is 2.47. The van der Waals surface area contributed by atoms with Gasteiger partial charge in [-0.05, 0) is 19.4 Å². The smallest absolute Gasteiger partial charge is 0.328 e. The molecule has 5 atom stereocenters. The number of hydrogen-bond acceptors (Lipinski definition) is 7. The minimum atomic E-state index is -1.52. The van der Waals surface area contributed by atoms with Crippen molar-refractivity contribution in [2.75, 3.05) is 5.75 Å². The fourth-order valence-corrected chi connectivity index (χ4v) is 2.63. The summed E-state index contributed by atoms with van der Waals surface area (Å²) in [5, 5.41) is 25.7. The molecule has 0 aliphatic carbocycles. The number of carboxylic acid groups (broad SMARTS) is 1. The summed E-state index contributed by atoms with van der Waals surface area (Å²) >= 11 is 3.97. The van der Waals surface area contributed by atoms with Gasteiger partial charge in [0.2, 0.25) is 17.7 Å². The lowest BCUT2D eigenvalue weighted by molar-refractivity contribution is -0.145. The Morgan fingerprint density at radius 1 is 1.00 bits per heavy atom. The van der Waals surface area contributed by atoms with Crippen molar-refractivity contribution in [2.45, 2.75) is 50.5 Å². The molecule has 166 valence electrons. The van der Waals surface area contributed by atoms with E-state index in [4.69, 9.17) is 10.8 Å². The number of rotatable bonds is 11. The maximum Gasteiger partial charge on any atom is 0.328 e. The highest BCUT2D eigenvalue weighted by Gasteiger charge is 2.30. The summed E-state index contributed by atoms with van der Waals surface area (Å²) in [7, 11) is 0. The SMILES string of the molecule is CC(NC(=O)C(Cc1ccccc1)NC(=O)C(N)CS)C(=O)NC(C(=O)O)C(C)O. The van der Waals surface area contributed by atoms with E-state index < -0.39 is 54.0 Å². The second-order valence-electron chi connectivity index (χ2n) is 6.84. The molecule has 0 bridgehead atoms. The number of aliphatic hydroxyl groups excluding tert-OH is 1. The molecule has 0 saturated carbocycles. The number of aliphatic hydroxyl groups is 1. The van der Waals surface area contributed by atoms with Gasteiger partial charge < -0.3 is 31.9 Å². The van der Waals surface area contributed by atoms with E-state index in [-0.39, 0.29) is 12.2 Å². The quantitative estimate of drug-likeness (QED) is 0.204. The van der Waals surface area contributed by atoms with Crippen molar-refractivity contribution in [1.82, 2.24) is 16.0 Å². The van der Waals surface area contributed by atoms with Crippen LogP contribution in [0.15, 0.2) is 30.3 Å². The molecule has 0 aliphatic rings. The number of carboxylic acids is 1. The molecule has 0 spiro atoms. The highest BCUT2D eigenvalue weighted by Crippen LogP contribution is 2.05. The van der Waals surface area contributed by atoms with Crippen LogP contribution in [0.2, 0.25) is 0 Å². The molecular formula is C19H28N4O6S. The molecule has 0 aliphatic heterocycles. The average molecular weight is 441 g/mol. The number of amides is 3. The molecule has 5 unspecified atom stereocenters. The Morgan fingerprint density at radius 2 is 1.60 bits per heavy atom. The molecule has 0 fully saturated rings. The van der Waals surface area contributed by atoms with Crippen molar-refractivity contribution in [1.29, 1.82) is 0 Å².